The molecule has 1 unspecified atom stereocenters. The molecular formula is C15H20F3NO2. The first kappa shape index (κ1) is 15.9. The van der Waals surface area contributed by atoms with Crippen LogP contribution in [0.1, 0.15) is 31.7 Å². The Morgan fingerprint density at radius 1 is 1.24 bits per heavy atom. The summed E-state index contributed by atoms with van der Waals surface area (Å²) in [5, 5.41) is 3.12. The summed E-state index contributed by atoms with van der Waals surface area (Å²) in [6.07, 6.45) is -2.94. The molecule has 21 heavy (non-hydrogen) atoms. The molecule has 0 saturated heterocycles. The molecule has 0 amide bonds. The summed E-state index contributed by atoms with van der Waals surface area (Å²) in [6, 6.07) is 6.02. The minimum Gasteiger partial charge on any atom is -0.454 e. The van der Waals surface area contributed by atoms with Crippen molar-refractivity contribution in [3.63, 3.8) is 0 Å². The fourth-order valence-electron chi connectivity index (χ4n) is 2.22. The van der Waals surface area contributed by atoms with Gasteiger partial charge in [-0.25, -0.2) is 0 Å². The van der Waals surface area contributed by atoms with Gasteiger partial charge in [0, 0.05) is 12.5 Å². The molecule has 0 aromatic heterocycles. The third-order valence-corrected chi connectivity index (χ3v) is 3.43. The summed E-state index contributed by atoms with van der Waals surface area (Å²) >= 11 is 0. The maximum absolute atomic E-state index is 12.0. The van der Waals surface area contributed by atoms with E-state index in [1.165, 1.54) is 0 Å². The van der Waals surface area contributed by atoms with E-state index in [0.29, 0.717) is 6.54 Å². The molecule has 0 radical (unpaired) electrons. The summed E-state index contributed by atoms with van der Waals surface area (Å²) < 4.78 is 46.6. The van der Waals surface area contributed by atoms with Gasteiger partial charge >= 0.3 is 6.18 Å². The SMILES string of the molecule is CC(CCc1ccc2c(c1)OCO2)NCCCC(F)(F)F. The number of rotatable bonds is 7. The van der Waals surface area contributed by atoms with E-state index in [2.05, 4.69) is 5.32 Å². The summed E-state index contributed by atoms with van der Waals surface area (Å²) in [5.41, 5.74) is 1.14. The van der Waals surface area contributed by atoms with Crippen molar-refractivity contribution < 1.29 is 22.6 Å². The number of benzene rings is 1. The Morgan fingerprint density at radius 2 is 2.00 bits per heavy atom. The Hall–Kier alpha value is -1.43. The molecule has 1 aromatic rings. The van der Waals surface area contributed by atoms with Gasteiger partial charge in [0.15, 0.2) is 11.5 Å². The highest BCUT2D eigenvalue weighted by Crippen LogP contribution is 2.32. The average Bonchev–Trinajstić information content (AvgIpc) is 2.87. The van der Waals surface area contributed by atoms with Gasteiger partial charge in [-0.15, -0.1) is 0 Å². The molecule has 2 rings (SSSR count). The van der Waals surface area contributed by atoms with Gasteiger partial charge in [0.2, 0.25) is 6.79 Å². The molecule has 0 saturated carbocycles. The zero-order chi connectivity index (χ0) is 15.3. The second-order valence-electron chi connectivity index (χ2n) is 5.30. The fraction of sp³-hybridized carbons (Fsp3) is 0.600. The molecule has 118 valence electrons. The minimum atomic E-state index is -4.06. The van der Waals surface area contributed by atoms with Gasteiger partial charge in [0.05, 0.1) is 0 Å². The topological polar surface area (TPSA) is 30.5 Å². The van der Waals surface area contributed by atoms with Crippen molar-refractivity contribution >= 4 is 0 Å². The summed E-state index contributed by atoms with van der Waals surface area (Å²) in [4.78, 5) is 0. The Bertz CT molecular complexity index is 463. The molecule has 0 spiro atoms. The van der Waals surface area contributed by atoms with Gasteiger partial charge in [-0.3, -0.25) is 0 Å². The lowest BCUT2D eigenvalue weighted by atomic mass is 10.1. The zero-order valence-corrected chi connectivity index (χ0v) is 12.0. The zero-order valence-electron chi connectivity index (χ0n) is 12.0. The van der Waals surface area contributed by atoms with E-state index in [1.54, 1.807) is 0 Å². The van der Waals surface area contributed by atoms with Crippen LogP contribution in [0.3, 0.4) is 0 Å². The molecule has 1 heterocycles. The predicted octanol–water partition coefficient (Wildman–Crippen LogP) is 3.67. The number of aryl methyl sites for hydroxylation is 1. The van der Waals surface area contributed by atoms with Crippen LogP contribution >= 0.6 is 0 Å². The summed E-state index contributed by atoms with van der Waals surface area (Å²) in [5.74, 6) is 1.52. The smallest absolute Gasteiger partial charge is 0.389 e. The molecular weight excluding hydrogens is 283 g/mol. The van der Waals surface area contributed by atoms with Crippen LogP contribution in [0, 0.1) is 0 Å². The van der Waals surface area contributed by atoms with Crippen molar-refractivity contribution in [3.05, 3.63) is 23.8 Å². The van der Waals surface area contributed by atoms with Gasteiger partial charge in [-0.2, -0.15) is 13.2 Å². The van der Waals surface area contributed by atoms with Crippen LogP contribution in [0.15, 0.2) is 18.2 Å². The highest BCUT2D eigenvalue weighted by atomic mass is 19.4. The number of halogens is 3. The van der Waals surface area contributed by atoms with Gasteiger partial charge in [0.1, 0.15) is 0 Å². The van der Waals surface area contributed by atoms with E-state index in [0.717, 1.165) is 29.9 Å². The largest absolute Gasteiger partial charge is 0.454 e. The Balaban J connectivity index is 1.66. The van der Waals surface area contributed by atoms with Crippen molar-refractivity contribution in [2.24, 2.45) is 0 Å². The number of hydrogen-bond acceptors (Lipinski definition) is 3. The molecule has 1 aromatic carbocycles. The Morgan fingerprint density at radius 3 is 2.76 bits per heavy atom. The van der Waals surface area contributed by atoms with Crippen LogP contribution in [0.2, 0.25) is 0 Å². The van der Waals surface area contributed by atoms with Gasteiger partial charge in [-0.1, -0.05) is 6.07 Å². The van der Waals surface area contributed by atoms with Gasteiger partial charge < -0.3 is 14.8 Å². The molecule has 3 nitrogen and oxygen atoms in total. The number of hydrogen-bond donors (Lipinski definition) is 1. The van der Waals surface area contributed by atoms with E-state index < -0.39 is 12.6 Å². The van der Waals surface area contributed by atoms with Crippen LogP contribution in [0.25, 0.3) is 0 Å². The van der Waals surface area contributed by atoms with Gasteiger partial charge in [-0.05, 0) is 50.4 Å². The quantitative estimate of drug-likeness (QED) is 0.780. The van der Waals surface area contributed by atoms with Crippen LogP contribution in [-0.4, -0.2) is 25.6 Å². The third kappa shape index (κ3) is 5.46. The monoisotopic (exact) mass is 303 g/mol. The average molecular weight is 303 g/mol. The van der Waals surface area contributed by atoms with Crippen LogP contribution in [0.5, 0.6) is 11.5 Å². The number of nitrogens with one attached hydrogen (secondary N) is 1. The molecule has 1 aliphatic heterocycles. The van der Waals surface area contributed by atoms with Crippen molar-refractivity contribution in [1.82, 2.24) is 5.32 Å². The highest BCUT2D eigenvalue weighted by Gasteiger charge is 2.25. The second-order valence-corrected chi connectivity index (χ2v) is 5.30. The van der Waals surface area contributed by atoms with Crippen LogP contribution in [0.4, 0.5) is 13.2 Å². The predicted molar refractivity (Wildman–Crippen MR) is 73.6 cm³/mol. The van der Waals surface area contributed by atoms with Crippen LogP contribution < -0.4 is 14.8 Å². The first-order valence-electron chi connectivity index (χ1n) is 7.13. The Kier molecular flexibility index (Phi) is 5.33. The minimum absolute atomic E-state index is 0.123. The number of ether oxygens (including phenoxy) is 2. The van der Waals surface area contributed by atoms with Crippen molar-refractivity contribution in [1.29, 1.82) is 0 Å². The van der Waals surface area contributed by atoms with Crippen molar-refractivity contribution in [3.8, 4) is 11.5 Å². The maximum Gasteiger partial charge on any atom is 0.389 e. The second kappa shape index (κ2) is 7.02. The summed E-state index contributed by atoms with van der Waals surface area (Å²) in [7, 11) is 0. The molecule has 0 fully saturated rings. The lowest BCUT2D eigenvalue weighted by molar-refractivity contribution is -0.135. The molecule has 0 bridgehead atoms. The Labute approximate surface area is 122 Å². The molecule has 6 heteroatoms. The lowest BCUT2D eigenvalue weighted by Gasteiger charge is -2.14. The molecule has 1 aliphatic rings. The molecule has 0 aliphatic carbocycles. The molecule has 1 N–H and O–H groups in total. The van der Waals surface area contributed by atoms with Gasteiger partial charge in [0.25, 0.3) is 0 Å². The first-order valence-corrected chi connectivity index (χ1v) is 7.13. The fourth-order valence-corrected chi connectivity index (χ4v) is 2.22. The van der Waals surface area contributed by atoms with E-state index in [4.69, 9.17) is 9.47 Å². The van der Waals surface area contributed by atoms with E-state index in [9.17, 15) is 13.2 Å². The standard InChI is InChI=1S/C15H20F3NO2/c1-11(19-8-2-7-15(16,17)18)3-4-12-5-6-13-14(9-12)21-10-20-13/h5-6,9,11,19H,2-4,7-8,10H2,1H3. The number of fused-ring (bicyclic) bond motifs is 1. The van der Waals surface area contributed by atoms with Crippen molar-refractivity contribution in [2.45, 2.75) is 44.8 Å². The van der Waals surface area contributed by atoms with E-state index in [1.807, 2.05) is 25.1 Å². The third-order valence-electron chi connectivity index (χ3n) is 3.43. The summed E-state index contributed by atoms with van der Waals surface area (Å²) in [6.45, 7) is 2.64. The van der Waals surface area contributed by atoms with Crippen LogP contribution in [-0.2, 0) is 6.42 Å². The lowest BCUT2D eigenvalue weighted by Crippen LogP contribution is -2.28. The highest BCUT2D eigenvalue weighted by molar-refractivity contribution is 5.44. The van der Waals surface area contributed by atoms with E-state index >= 15 is 0 Å². The first-order chi connectivity index (χ1) is 9.94. The maximum atomic E-state index is 12.0. The normalized spacial score (nSPS) is 15.2. The van der Waals surface area contributed by atoms with E-state index in [-0.39, 0.29) is 19.3 Å². The molecule has 1 atom stereocenters. The number of alkyl halides is 3. The van der Waals surface area contributed by atoms with Crippen molar-refractivity contribution in [2.75, 3.05) is 13.3 Å².